The van der Waals surface area contributed by atoms with Crippen molar-refractivity contribution in [3.8, 4) is 0 Å². The molecule has 1 saturated carbocycles. The van der Waals surface area contributed by atoms with Crippen molar-refractivity contribution in [1.82, 2.24) is 9.36 Å². The molecule has 0 amide bonds. The molecule has 1 aromatic heterocycles. The van der Waals surface area contributed by atoms with E-state index in [0.717, 1.165) is 29.9 Å². The first-order valence-electron chi connectivity index (χ1n) is 6.45. The molecule has 4 nitrogen and oxygen atoms in total. The van der Waals surface area contributed by atoms with Gasteiger partial charge in [0, 0.05) is 29.8 Å². The first kappa shape index (κ1) is 14.1. The Morgan fingerprint density at radius 2 is 1.90 bits per heavy atom. The van der Waals surface area contributed by atoms with E-state index in [9.17, 15) is 13.2 Å². The van der Waals surface area contributed by atoms with Crippen molar-refractivity contribution in [1.29, 1.82) is 0 Å². The second kappa shape index (κ2) is 5.18. The van der Waals surface area contributed by atoms with Crippen LogP contribution in [-0.4, -0.2) is 15.4 Å². The third kappa shape index (κ3) is 3.26. The van der Waals surface area contributed by atoms with Crippen LogP contribution < -0.4 is 10.6 Å². The fourth-order valence-electron chi connectivity index (χ4n) is 2.01. The van der Waals surface area contributed by atoms with Crippen LogP contribution in [0.25, 0.3) is 0 Å². The molecule has 1 aromatic carbocycles. The van der Waals surface area contributed by atoms with E-state index in [0.29, 0.717) is 17.4 Å². The molecule has 0 unspecified atom stereocenters. The normalized spacial score (nSPS) is 15.2. The molecule has 1 heterocycles. The number of aromatic nitrogens is 2. The monoisotopic (exact) mass is 314 g/mol. The third-order valence-electron chi connectivity index (χ3n) is 3.23. The maximum Gasteiger partial charge on any atom is 0.452 e. The van der Waals surface area contributed by atoms with Crippen molar-refractivity contribution in [3.05, 3.63) is 35.7 Å². The average Bonchev–Trinajstić information content (AvgIpc) is 3.12. The number of benzene rings is 1. The smallest absolute Gasteiger partial charge is 0.399 e. The summed E-state index contributed by atoms with van der Waals surface area (Å²) in [5.41, 5.74) is 7.28. The van der Waals surface area contributed by atoms with Gasteiger partial charge in [0.05, 0.1) is 0 Å². The van der Waals surface area contributed by atoms with Crippen molar-refractivity contribution in [2.75, 3.05) is 10.6 Å². The maximum atomic E-state index is 12.6. The van der Waals surface area contributed by atoms with Gasteiger partial charge in [-0.25, -0.2) is 0 Å². The first-order valence-corrected chi connectivity index (χ1v) is 7.23. The largest absolute Gasteiger partial charge is 0.452 e. The Morgan fingerprint density at radius 3 is 2.43 bits per heavy atom. The first-order chi connectivity index (χ1) is 9.93. The molecule has 1 fully saturated rings. The lowest BCUT2D eigenvalue weighted by Gasteiger charge is -2.21. The SMILES string of the molecule is Nc1ccc(CN(c2nc(C(F)(F)F)ns2)C2CC2)cc1. The molecule has 21 heavy (non-hydrogen) atoms. The number of nitrogens with two attached hydrogens (primary N) is 1. The Kier molecular flexibility index (Phi) is 3.48. The Hall–Kier alpha value is -1.83. The van der Waals surface area contributed by atoms with Gasteiger partial charge in [-0.3, -0.25) is 0 Å². The molecule has 1 aliphatic rings. The van der Waals surface area contributed by atoms with Crippen molar-refractivity contribution in [2.24, 2.45) is 0 Å². The number of nitrogens with zero attached hydrogens (tertiary/aromatic N) is 3. The predicted octanol–water partition coefficient (Wildman–Crippen LogP) is 3.31. The molecule has 0 bridgehead atoms. The van der Waals surface area contributed by atoms with E-state index in [1.807, 2.05) is 17.0 Å². The number of hydrogen-bond donors (Lipinski definition) is 1. The van der Waals surface area contributed by atoms with Crippen LogP contribution in [0.4, 0.5) is 24.0 Å². The molecule has 1 aliphatic carbocycles. The van der Waals surface area contributed by atoms with Crippen LogP contribution in [0.15, 0.2) is 24.3 Å². The molecule has 0 radical (unpaired) electrons. The Labute approximate surface area is 123 Å². The zero-order valence-corrected chi connectivity index (χ0v) is 11.8. The van der Waals surface area contributed by atoms with Crippen LogP contribution in [0.1, 0.15) is 24.2 Å². The molecule has 0 atom stereocenters. The molecule has 0 spiro atoms. The fraction of sp³-hybridized carbons (Fsp3) is 0.385. The van der Waals surface area contributed by atoms with E-state index in [1.165, 1.54) is 0 Å². The van der Waals surface area contributed by atoms with Gasteiger partial charge in [-0.15, -0.1) is 0 Å². The van der Waals surface area contributed by atoms with Gasteiger partial charge < -0.3 is 10.6 Å². The quantitative estimate of drug-likeness (QED) is 0.880. The molecular formula is C13H13F3N4S. The van der Waals surface area contributed by atoms with Gasteiger partial charge in [-0.05, 0) is 30.5 Å². The molecular weight excluding hydrogens is 301 g/mol. The van der Waals surface area contributed by atoms with Gasteiger partial charge in [0.1, 0.15) is 0 Å². The van der Waals surface area contributed by atoms with Crippen LogP contribution >= 0.6 is 11.5 Å². The number of hydrogen-bond acceptors (Lipinski definition) is 5. The molecule has 112 valence electrons. The Balaban J connectivity index is 1.81. The third-order valence-corrected chi connectivity index (χ3v) is 3.99. The van der Waals surface area contributed by atoms with E-state index in [2.05, 4.69) is 9.36 Å². The van der Waals surface area contributed by atoms with Gasteiger partial charge in [0.25, 0.3) is 0 Å². The summed E-state index contributed by atoms with van der Waals surface area (Å²) in [4.78, 5) is 5.53. The fourth-order valence-corrected chi connectivity index (χ4v) is 2.76. The topological polar surface area (TPSA) is 55.0 Å². The van der Waals surface area contributed by atoms with Gasteiger partial charge in [0.15, 0.2) is 0 Å². The standard InChI is InChI=1S/C13H13F3N4S/c14-13(15,16)11-18-12(21-19-11)20(10-5-6-10)7-8-1-3-9(17)4-2-8/h1-4,10H,5-7,17H2. The summed E-state index contributed by atoms with van der Waals surface area (Å²) < 4.78 is 41.2. The summed E-state index contributed by atoms with van der Waals surface area (Å²) in [5, 5.41) is 0.321. The van der Waals surface area contributed by atoms with Gasteiger partial charge >= 0.3 is 6.18 Å². The van der Waals surface area contributed by atoms with Crippen molar-refractivity contribution in [2.45, 2.75) is 31.6 Å². The molecule has 2 N–H and O–H groups in total. The van der Waals surface area contributed by atoms with E-state index in [1.54, 1.807) is 12.1 Å². The minimum absolute atomic E-state index is 0.247. The van der Waals surface area contributed by atoms with Gasteiger partial charge in [-0.1, -0.05) is 12.1 Å². The van der Waals surface area contributed by atoms with Gasteiger partial charge in [0.2, 0.25) is 11.0 Å². The second-order valence-corrected chi connectivity index (χ2v) is 5.73. The molecule has 3 rings (SSSR count). The van der Waals surface area contributed by atoms with E-state index in [4.69, 9.17) is 5.73 Å². The predicted molar refractivity (Wildman–Crippen MR) is 75.0 cm³/mol. The lowest BCUT2D eigenvalue weighted by molar-refractivity contribution is -0.144. The van der Waals surface area contributed by atoms with Crippen molar-refractivity contribution >= 4 is 22.4 Å². The second-order valence-electron chi connectivity index (χ2n) is 5.00. The number of halogens is 3. The maximum absolute atomic E-state index is 12.6. The van der Waals surface area contributed by atoms with Crippen LogP contribution in [-0.2, 0) is 12.7 Å². The van der Waals surface area contributed by atoms with Crippen molar-refractivity contribution in [3.63, 3.8) is 0 Å². The van der Waals surface area contributed by atoms with Crippen LogP contribution in [0, 0.1) is 0 Å². The summed E-state index contributed by atoms with van der Waals surface area (Å²) in [5.74, 6) is -1.06. The zero-order chi connectivity index (χ0) is 15.0. The Bertz CT molecular complexity index is 619. The lowest BCUT2D eigenvalue weighted by Crippen LogP contribution is -2.25. The van der Waals surface area contributed by atoms with E-state index < -0.39 is 12.0 Å². The van der Waals surface area contributed by atoms with Crippen molar-refractivity contribution < 1.29 is 13.2 Å². The summed E-state index contributed by atoms with van der Waals surface area (Å²) in [6, 6.07) is 7.55. The molecule has 2 aromatic rings. The number of nitrogen functional groups attached to an aromatic ring is 1. The van der Waals surface area contributed by atoms with E-state index >= 15 is 0 Å². The summed E-state index contributed by atoms with van der Waals surface area (Å²) >= 11 is 0.795. The highest BCUT2D eigenvalue weighted by atomic mass is 32.1. The minimum Gasteiger partial charge on any atom is -0.399 e. The Morgan fingerprint density at radius 1 is 1.24 bits per heavy atom. The van der Waals surface area contributed by atoms with Crippen LogP contribution in [0.5, 0.6) is 0 Å². The molecule has 8 heteroatoms. The molecule has 0 saturated heterocycles. The number of rotatable bonds is 4. The average molecular weight is 314 g/mol. The number of alkyl halides is 3. The lowest BCUT2D eigenvalue weighted by atomic mass is 10.2. The summed E-state index contributed by atoms with van der Waals surface area (Å²) in [6.07, 6.45) is -2.56. The summed E-state index contributed by atoms with van der Waals surface area (Å²) in [6.45, 7) is 0.511. The molecule has 0 aliphatic heterocycles. The van der Waals surface area contributed by atoms with E-state index in [-0.39, 0.29) is 6.04 Å². The zero-order valence-electron chi connectivity index (χ0n) is 11.0. The van der Waals surface area contributed by atoms with Gasteiger partial charge in [-0.2, -0.15) is 22.5 Å². The highest BCUT2D eigenvalue weighted by molar-refractivity contribution is 7.09. The van der Waals surface area contributed by atoms with Crippen LogP contribution in [0.3, 0.4) is 0 Å². The summed E-state index contributed by atoms with van der Waals surface area (Å²) in [7, 11) is 0. The minimum atomic E-state index is -4.49. The highest BCUT2D eigenvalue weighted by Crippen LogP contribution is 2.36. The van der Waals surface area contributed by atoms with Crippen LogP contribution in [0.2, 0.25) is 0 Å². The number of anilines is 2. The highest BCUT2D eigenvalue weighted by Gasteiger charge is 2.38.